The molecule has 114 valence electrons. The molecule has 0 atom stereocenters. The molecule has 4 nitrogen and oxygen atoms in total. The summed E-state index contributed by atoms with van der Waals surface area (Å²) in [6.45, 7) is 4.16. The van der Waals surface area contributed by atoms with Crippen LogP contribution in [0.15, 0.2) is 22.7 Å². The van der Waals surface area contributed by atoms with Crippen molar-refractivity contribution in [2.75, 3.05) is 11.4 Å². The Labute approximate surface area is 138 Å². The highest BCUT2D eigenvalue weighted by atomic mass is 79.9. The van der Waals surface area contributed by atoms with Gasteiger partial charge >= 0.3 is 0 Å². The van der Waals surface area contributed by atoms with E-state index in [0.717, 1.165) is 4.47 Å². The van der Waals surface area contributed by atoms with Crippen molar-refractivity contribution < 1.29 is 9.59 Å². The van der Waals surface area contributed by atoms with Gasteiger partial charge in [0.25, 0.3) is 5.91 Å². The molecule has 2 rings (SSSR count). The highest BCUT2D eigenvalue weighted by Gasteiger charge is 2.42. The number of benzene rings is 1. The summed E-state index contributed by atoms with van der Waals surface area (Å²) in [6, 6.07) is 5.40. The maximum Gasteiger partial charge on any atom is 0.252 e. The lowest BCUT2D eigenvalue weighted by atomic mass is 9.91. The van der Waals surface area contributed by atoms with Gasteiger partial charge in [0, 0.05) is 17.4 Å². The molecule has 1 aromatic carbocycles. The number of hydrogen-bond acceptors (Lipinski definition) is 2. The molecule has 1 saturated heterocycles. The third-order valence-electron chi connectivity index (χ3n) is 4.00. The van der Waals surface area contributed by atoms with Gasteiger partial charge in [0.2, 0.25) is 5.91 Å². The van der Waals surface area contributed by atoms with Gasteiger partial charge < -0.3 is 10.2 Å². The Kier molecular flexibility index (Phi) is 4.94. The number of nitrogens with one attached hydrogen (secondary N) is 1. The summed E-state index contributed by atoms with van der Waals surface area (Å²) >= 11 is 9.62. The van der Waals surface area contributed by atoms with E-state index in [2.05, 4.69) is 21.2 Å². The predicted molar refractivity (Wildman–Crippen MR) is 87.6 cm³/mol. The first kappa shape index (κ1) is 16.3. The molecule has 0 bridgehead atoms. The van der Waals surface area contributed by atoms with Gasteiger partial charge in [-0.3, -0.25) is 9.59 Å². The van der Waals surface area contributed by atoms with Gasteiger partial charge in [0.15, 0.2) is 0 Å². The molecule has 1 aromatic rings. The van der Waals surface area contributed by atoms with E-state index < -0.39 is 5.54 Å². The second kappa shape index (κ2) is 6.36. The summed E-state index contributed by atoms with van der Waals surface area (Å²) in [5, 5.41) is 3.38. The molecule has 0 radical (unpaired) electrons. The smallest absolute Gasteiger partial charge is 0.252 e. The molecule has 1 aliphatic rings. The van der Waals surface area contributed by atoms with E-state index in [1.807, 2.05) is 19.9 Å². The Morgan fingerprint density at radius 1 is 1.33 bits per heavy atom. The molecule has 0 unspecified atom stereocenters. The normalized spacial score (nSPS) is 18.4. The van der Waals surface area contributed by atoms with Crippen molar-refractivity contribution in [3.05, 3.63) is 27.7 Å². The van der Waals surface area contributed by atoms with Crippen LogP contribution in [0.25, 0.3) is 0 Å². The lowest BCUT2D eigenvalue weighted by molar-refractivity contribution is -0.130. The summed E-state index contributed by atoms with van der Waals surface area (Å²) in [6.07, 6.45) is 1.39. The van der Waals surface area contributed by atoms with E-state index in [-0.39, 0.29) is 18.2 Å². The molecule has 0 saturated carbocycles. The zero-order valence-corrected chi connectivity index (χ0v) is 14.4. The number of halogens is 2. The van der Waals surface area contributed by atoms with Crippen LogP contribution in [0.5, 0.6) is 0 Å². The van der Waals surface area contributed by atoms with Crippen molar-refractivity contribution in [3.8, 4) is 0 Å². The lowest BCUT2D eigenvalue weighted by Crippen LogP contribution is -2.56. The lowest BCUT2D eigenvalue weighted by Gasteiger charge is -2.34. The number of carbonyl (C=O) groups excluding carboxylic acids is 2. The SMILES string of the molecule is CCC1(CC)NC(=O)CCN(c2ccc(Br)cc2Cl)C1=O. The molecule has 21 heavy (non-hydrogen) atoms. The molecular formula is C15H18BrClN2O2. The van der Waals surface area contributed by atoms with Gasteiger partial charge in [0.1, 0.15) is 5.54 Å². The molecule has 1 fully saturated rings. The van der Waals surface area contributed by atoms with Crippen LogP contribution in [0, 0.1) is 0 Å². The fourth-order valence-electron chi connectivity index (χ4n) is 2.62. The molecule has 0 aliphatic carbocycles. The number of carbonyl (C=O) groups is 2. The molecule has 1 N–H and O–H groups in total. The van der Waals surface area contributed by atoms with E-state index in [4.69, 9.17) is 11.6 Å². The van der Waals surface area contributed by atoms with Crippen LogP contribution in [0.2, 0.25) is 5.02 Å². The highest BCUT2D eigenvalue weighted by molar-refractivity contribution is 9.10. The van der Waals surface area contributed by atoms with Crippen LogP contribution in [0.3, 0.4) is 0 Å². The van der Waals surface area contributed by atoms with Crippen molar-refractivity contribution in [2.24, 2.45) is 0 Å². The van der Waals surface area contributed by atoms with Gasteiger partial charge in [-0.25, -0.2) is 0 Å². The first-order valence-electron chi connectivity index (χ1n) is 7.01. The summed E-state index contributed by atoms with van der Waals surface area (Å²) in [5.74, 6) is -0.189. The van der Waals surface area contributed by atoms with Crippen molar-refractivity contribution in [2.45, 2.75) is 38.6 Å². The van der Waals surface area contributed by atoms with Crippen molar-refractivity contribution in [3.63, 3.8) is 0 Å². The molecule has 0 aromatic heterocycles. The minimum Gasteiger partial charge on any atom is -0.342 e. The second-order valence-corrected chi connectivity index (χ2v) is 6.46. The quantitative estimate of drug-likeness (QED) is 0.881. The Hall–Kier alpha value is -1.07. The monoisotopic (exact) mass is 372 g/mol. The van der Waals surface area contributed by atoms with Crippen LogP contribution in [-0.4, -0.2) is 23.9 Å². The van der Waals surface area contributed by atoms with Crippen molar-refractivity contribution >= 4 is 45.0 Å². The van der Waals surface area contributed by atoms with Crippen LogP contribution in [0.1, 0.15) is 33.1 Å². The summed E-state index contributed by atoms with van der Waals surface area (Å²) < 4.78 is 0.852. The Morgan fingerprint density at radius 2 is 2.00 bits per heavy atom. The average Bonchev–Trinajstić information content (AvgIpc) is 2.58. The first-order valence-corrected chi connectivity index (χ1v) is 8.18. The van der Waals surface area contributed by atoms with Crippen LogP contribution >= 0.6 is 27.5 Å². The van der Waals surface area contributed by atoms with Crippen molar-refractivity contribution in [1.29, 1.82) is 0 Å². The van der Waals surface area contributed by atoms with E-state index in [9.17, 15) is 9.59 Å². The van der Waals surface area contributed by atoms with Crippen LogP contribution < -0.4 is 10.2 Å². The van der Waals surface area contributed by atoms with E-state index in [0.29, 0.717) is 30.1 Å². The van der Waals surface area contributed by atoms with Crippen LogP contribution in [-0.2, 0) is 9.59 Å². The van der Waals surface area contributed by atoms with E-state index in [1.165, 1.54) is 0 Å². The largest absolute Gasteiger partial charge is 0.342 e. The number of hydrogen-bond donors (Lipinski definition) is 1. The molecule has 2 amide bonds. The summed E-state index contributed by atoms with van der Waals surface area (Å²) in [5.41, 5.74) is -0.197. The average molecular weight is 374 g/mol. The Balaban J connectivity index is 2.47. The molecular weight excluding hydrogens is 356 g/mol. The van der Waals surface area contributed by atoms with Crippen LogP contribution in [0.4, 0.5) is 5.69 Å². The number of anilines is 1. The molecule has 1 heterocycles. The van der Waals surface area contributed by atoms with Gasteiger partial charge in [0.05, 0.1) is 10.7 Å². The van der Waals surface area contributed by atoms with E-state index >= 15 is 0 Å². The molecule has 0 spiro atoms. The highest BCUT2D eigenvalue weighted by Crippen LogP contribution is 2.33. The first-order chi connectivity index (χ1) is 9.93. The number of rotatable bonds is 3. The molecule has 1 aliphatic heterocycles. The van der Waals surface area contributed by atoms with Gasteiger partial charge in [-0.1, -0.05) is 41.4 Å². The Bertz CT molecular complexity index is 573. The van der Waals surface area contributed by atoms with Gasteiger partial charge in [-0.15, -0.1) is 0 Å². The topological polar surface area (TPSA) is 49.4 Å². The molecule has 6 heteroatoms. The predicted octanol–water partition coefficient (Wildman–Crippen LogP) is 3.51. The van der Waals surface area contributed by atoms with E-state index in [1.54, 1.807) is 17.0 Å². The third kappa shape index (κ3) is 3.09. The fraction of sp³-hybridized carbons (Fsp3) is 0.467. The third-order valence-corrected chi connectivity index (χ3v) is 4.80. The maximum absolute atomic E-state index is 13.0. The second-order valence-electron chi connectivity index (χ2n) is 5.14. The zero-order chi connectivity index (χ0) is 15.6. The fourth-order valence-corrected chi connectivity index (χ4v) is 3.39. The summed E-state index contributed by atoms with van der Waals surface area (Å²) in [4.78, 5) is 26.5. The zero-order valence-electron chi connectivity index (χ0n) is 12.1. The number of nitrogens with zero attached hydrogens (tertiary/aromatic N) is 1. The maximum atomic E-state index is 13.0. The minimum absolute atomic E-state index is 0.0946. The minimum atomic E-state index is -0.843. The Morgan fingerprint density at radius 3 is 2.57 bits per heavy atom. The van der Waals surface area contributed by atoms with Crippen molar-refractivity contribution in [1.82, 2.24) is 5.32 Å². The standard InChI is InChI=1S/C15H18BrClN2O2/c1-3-15(4-2)14(21)19(8-7-13(20)18-15)12-6-5-10(16)9-11(12)17/h5-6,9H,3-4,7-8H2,1-2H3,(H,18,20). The van der Waals surface area contributed by atoms with Gasteiger partial charge in [-0.05, 0) is 31.0 Å². The summed E-state index contributed by atoms with van der Waals surface area (Å²) in [7, 11) is 0. The number of amides is 2. The van der Waals surface area contributed by atoms with Gasteiger partial charge in [-0.2, -0.15) is 0 Å².